The second-order valence-corrected chi connectivity index (χ2v) is 7.53. The van der Waals surface area contributed by atoms with Crippen LogP contribution in [0, 0.1) is 5.82 Å². The second kappa shape index (κ2) is 4.36. The minimum absolute atomic E-state index is 0.100. The molecular weight excluding hydrogens is 319 g/mol. The van der Waals surface area contributed by atoms with Gasteiger partial charge in [0.1, 0.15) is 56.4 Å². The largest absolute Gasteiger partial charge is 0.507 e. The minimum atomic E-state index is -0.741. The van der Waals surface area contributed by atoms with Crippen molar-refractivity contribution >= 4 is 61.1 Å². The van der Waals surface area contributed by atoms with Gasteiger partial charge < -0.3 is 10.4 Å². The fourth-order valence-corrected chi connectivity index (χ4v) is 3.40. The Bertz CT molecular complexity index is 572. The first-order valence-corrected chi connectivity index (χ1v) is 7.25. The van der Waals surface area contributed by atoms with E-state index in [0.717, 1.165) is 0 Å². The van der Waals surface area contributed by atoms with Crippen molar-refractivity contribution in [2.75, 3.05) is 0 Å². The van der Waals surface area contributed by atoms with Gasteiger partial charge in [-0.1, -0.05) is 26.4 Å². The number of hydrogen-bond acceptors (Lipinski definition) is 2. The van der Waals surface area contributed by atoms with Crippen molar-refractivity contribution in [1.82, 2.24) is 5.32 Å². The third kappa shape index (κ3) is 1.87. The van der Waals surface area contributed by atoms with Crippen molar-refractivity contribution in [3.05, 3.63) is 28.0 Å². The first kappa shape index (κ1) is 15.6. The molecule has 0 unspecified atom stereocenters. The summed E-state index contributed by atoms with van der Waals surface area (Å²) >= 11 is 3.07. The molecule has 1 amide bonds. The molecule has 100 valence electrons. The van der Waals surface area contributed by atoms with E-state index in [1.54, 1.807) is 0 Å². The first-order chi connectivity index (χ1) is 8.95. The molecule has 2 N–H and O–H groups in total. The summed E-state index contributed by atoms with van der Waals surface area (Å²) in [5, 5.41) is 12.5. The van der Waals surface area contributed by atoms with Crippen molar-refractivity contribution in [2.24, 2.45) is 0 Å². The predicted molar refractivity (Wildman–Crippen MR) is 94.1 cm³/mol. The Balaban J connectivity index is 2.32. The van der Waals surface area contributed by atoms with E-state index in [1.807, 2.05) is 7.85 Å². The number of phenolic OH excluding ortho intramolecular Hbond substituents is 1. The second-order valence-electron chi connectivity index (χ2n) is 6.61. The highest BCUT2D eigenvalue weighted by Crippen LogP contribution is 2.74. The van der Waals surface area contributed by atoms with Crippen LogP contribution in [-0.4, -0.2) is 55.7 Å². The van der Waals surface area contributed by atoms with Gasteiger partial charge in [0, 0.05) is 4.47 Å². The van der Waals surface area contributed by atoms with Gasteiger partial charge in [-0.3, -0.25) is 4.79 Å². The number of benzene rings is 1. The van der Waals surface area contributed by atoms with Gasteiger partial charge in [0.05, 0.1) is 0 Å². The molecule has 0 bridgehead atoms. The average molecular weight is 333 g/mol. The molecule has 1 fully saturated rings. The Labute approximate surface area is 130 Å². The number of aromatic hydroxyl groups is 1. The summed E-state index contributed by atoms with van der Waals surface area (Å²) < 4.78 is 14.3. The molecule has 20 heavy (non-hydrogen) atoms. The molecule has 0 atom stereocenters. The number of halogens is 2. The third-order valence-corrected chi connectivity index (χ3v) is 6.08. The van der Waals surface area contributed by atoms with E-state index in [2.05, 4.69) is 52.6 Å². The van der Waals surface area contributed by atoms with E-state index in [9.17, 15) is 14.3 Å². The van der Waals surface area contributed by atoms with Crippen LogP contribution in [0.25, 0.3) is 0 Å². The van der Waals surface area contributed by atoms with E-state index in [-0.39, 0.29) is 21.7 Å². The maximum Gasteiger partial charge on any atom is 0.257 e. The Hall–Kier alpha value is -0.775. The number of nitrogens with one attached hydrogen (secondary N) is 1. The molecule has 1 aliphatic carbocycles. The molecule has 0 aliphatic heterocycles. The van der Waals surface area contributed by atoms with E-state index in [0.29, 0.717) is 4.47 Å². The van der Waals surface area contributed by atoms with Gasteiger partial charge >= 0.3 is 0 Å². The van der Waals surface area contributed by atoms with E-state index in [4.69, 9.17) is 0 Å². The summed E-state index contributed by atoms with van der Waals surface area (Å²) in [6.45, 7) is 0. The smallest absolute Gasteiger partial charge is 0.257 e. The van der Waals surface area contributed by atoms with Crippen LogP contribution in [0.3, 0.4) is 0 Å². The molecular formula is C10H14B5BrFNO2. The Morgan fingerprint density at radius 1 is 1.20 bits per heavy atom. The van der Waals surface area contributed by atoms with Crippen molar-refractivity contribution in [2.45, 2.75) is 15.9 Å². The number of amides is 1. The van der Waals surface area contributed by atoms with E-state index in [1.165, 1.54) is 12.1 Å². The van der Waals surface area contributed by atoms with Crippen molar-refractivity contribution < 1.29 is 14.3 Å². The zero-order valence-electron chi connectivity index (χ0n) is 12.3. The normalized spacial score (nSPS) is 21.1. The maximum atomic E-state index is 13.9. The van der Waals surface area contributed by atoms with E-state index >= 15 is 0 Å². The molecule has 3 nitrogen and oxygen atoms in total. The van der Waals surface area contributed by atoms with Crippen LogP contribution >= 0.6 is 15.9 Å². The summed E-state index contributed by atoms with van der Waals surface area (Å²) in [6, 6.07) is 2.48. The summed E-state index contributed by atoms with van der Waals surface area (Å²) in [5.74, 6) is -1.70. The summed E-state index contributed by atoms with van der Waals surface area (Å²) in [7, 11) is 10.2. The summed E-state index contributed by atoms with van der Waals surface area (Å²) in [4.78, 5) is 12.3. The topological polar surface area (TPSA) is 49.3 Å². The lowest BCUT2D eigenvalue weighted by Gasteiger charge is -2.20. The van der Waals surface area contributed by atoms with Crippen LogP contribution in [-0.2, 0) is 0 Å². The van der Waals surface area contributed by atoms with Gasteiger partial charge in [0.2, 0.25) is 0 Å². The highest BCUT2D eigenvalue weighted by Gasteiger charge is 2.72. The molecule has 0 aromatic heterocycles. The van der Waals surface area contributed by atoms with Crippen LogP contribution in [0.15, 0.2) is 16.6 Å². The SMILES string of the molecule is BC1(B)C(B)(B)C1(B)NC(=O)c1c(O)cc(Br)cc1F. The average Bonchev–Trinajstić information content (AvgIpc) is 2.54. The number of phenols is 1. The van der Waals surface area contributed by atoms with Crippen molar-refractivity contribution in [3.8, 4) is 5.75 Å². The van der Waals surface area contributed by atoms with Crippen LogP contribution in [0.5, 0.6) is 5.75 Å². The molecule has 1 aromatic rings. The fourth-order valence-electron chi connectivity index (χ4n) is 2.98. The number of hydrogen-bond donors (Lipinski definition) is 2. The maximum absolute atomic E-state index is 13.9. The molecule has 0 spiro atoms. The Kier molecular flexibility index (Phi) is 3.40. The molecule has 0 heterocycles. The van der Waals surface area contributed by atoms with Crippen molar-refractivity contribution in [3.63, 3.8) is 0 Å². The monoisotopic (exact) mass is 333 g/mol. The van der Waals surface area contributed by atoms with Gasteiger partial charge in [-0.05, 0) is 17.6 Å². The van der Waals surface area contributed by atoms with Gasteiger partial charge in [0.25, 0.3) is 5.91 Å². The fraction of sp³-hybridized carbons (Fsp3) is 0.300. The molecule has 0 saturated heterocycles. The molecule has 1 saturated carbocycles. The van der Waals surface area contributed by atoms with Gasteiger partial charge in [-0.25, -0.2) is 4.39 Å². The molecule has 1 aliphatic rings. The molecule has 10 heteroatoms. The third-order valence-electron chi connectivity index (χ3n) is 5.62. The molecule has 1 aromatic carbocycles. The van der Waals surface area contributed by atoms with Crippen molar-refractivity contribution in [1.29, 1.82) is 0 Å². The predicted octanol–water partition coefficient (Wildman–Crippen LogP) is -2.87. The van der Waals surface area contributed by atoms with Gasteiger partial charge in [-0.15, -0.1) is 0 Å². The van der Waals surface area contributed by atoms with Crippen LogP contribution in [0.2, 0.25) is 10.4 Å². The summed E-state index contributed by atoms with van der Waals surface area (Å²) in [6.07, 6.45) is 0. The van der Waals surface area contributed by atoms with E-state index < -0.39 is 17.2 Å². The minimum Gasteiger partial charge on any atom is -0.507 e. The van der Waals surface area contributed by atoms with Crippen LogP contribution in [0.1, 0.15) is 10.4 Å². The Morgan fingerprint density at radius 2 is 1.70 bits per heavy atom. The van der Waals surface area contributed by atoms with Gasteiger partial charge in [-0.2, -0.15) is 0 Å². The number of carbonyl (C=O) groups excluding carboxylic acids is 1. The zero-order valence-corrected chi connectivity index (χ0v) is 13.9. The summed E-state index contributed by atoms with van der Waals surface area (Å²) in [5.41, 5.74) is -0.754. The lowest BCUT2D eigenvalue weighted by Crippen LogP contribution is -2.43. The first-order valence-electron chi connectivity index (χ1n) is 6.46. The molecule has 2 rings (SSSR count). The standard InChI is InChI=1S/C10H14B5BrFNO2/c11-8(12)9(13,14)10(8,15)18-7(20)6-4(17)1-3(16)2-5(6)19/h1-2,19H,11-15H2,(H,18,20). The highest BCUT2D eigenvalue weighted by molar-refractivity contribution is 9.10. The Morgan fingerprint density at radius 3 is 2.10 bits per heavy atom. The zero-order chi connectivity index (χ0) is 15.5. The van der Waals surface area contributed by atoms with Crippen LogP contribution < -0.4 is 5.32 Å². The number of rotatable bonds is 2. The quantitative estimate of drug-likeness (QED) is 0.572. The molecule has 0 radical (unpaired) electrons. The lowest BCUT2D eigenvalue weighted by molar-refractivity contribution is 0.0937. The number of carbonyl (C=O) groups is 1. The highest BCUT2D eigenvalue weighted by atomic mass is 79.9. The van der Waals surface area contributed by atoms with Crippen LogP contribution in [0.4, 0.5) is 4.39 Å². The lowest BCUT2D eigenvalue weighted by atomic mass is 9.49. The van der Waals surface area contributed by atoms with Gasteiger partial charge in [0.15, 0.2) is 0 Å².